The standard InChI is InChI=1S/C18H30/c1-5-7-8-9-10-11-12-14-18(4)16-13-15-17(3)6-2/h5-6,16H,1-3,7-15H2,4H3. The van der Waals surface area contributed by atoms with Gasteiger partial charge in [-0.15, -0.1) is 6.58 Å². The van der Waals surface area contributed by atoms with E-state index in [4.69, 9.17) is 0 Å². The molecule has 0 saturated heterocycles. The Morgan fingerprint density at radius 1 is 0.889 bits per heavy atom. The first kappa shape index (κ1) is 17.0. The van der Waals surface area contributed by atoms with Gasteiger partial charge in [-0.3, -0.25) is 0 Å². The molecule has 0 unspecified atom stereocenters. The van der Waals surface area contributed by atoms with Gasteiger partial charge in [0.05, 0.1) is 0 Å². The molecule has 0 rings (SSSR count). The van der Waals surface area contributed by atoms with Crippen LogP contribution in [0.5, 0.6) is 0 Å². The molecular weight excluding hydrogens is 216 g/mol. The number of allylic oxidation sites excluding steroid dienone is 5. The molecule has 0 bridgehead atoms. The van der Waals surface area contributed by atoms with Crippen LogP contribution in [-0.4, -0.2) is 0 Å². The summed E-state index contributed by atoms with van der Waals surface area (Å²) < 4.78 is 0. The fourth-order valence-corrected chi connectivity index (χ4v) is 1.93. The average molecular weight is 246 g/mol. The lowest BCUT2D eigenvalue weighted by Gasteiger charge is -2.02. The number of unbranched alkanes of at least 4 members (excludes halogenated alkanes) is 5. The Morgan fingerprint density at radius 3 is 2.22 bits per heavy atom. The summed E-state index contributed by atoms with van der Waals surface area (Å²) in [7, 11) is 0. The second-order valence-corrected chi connectivity index (χ2v) is 5.05. The zero-order valence-electron chi connectivity index (χ0n) is 12.2. The van der Waals surface area contributed by atoms with Crippen LogP contribution in [0.15, 0.2) is 49.1 Å². The van der Waals surface area contributed by atoms with Crippen LogP contribution in [0.3, 0.4) is 0 Å². The summed E-state index contributed by atoms with van der Waals surface area (Å²) >= 11 is 0. The van der Waals surface area contributed by atoms with Crippen molar-refractivity contribution in [1.82, 2.24) is 0 Å². The normalized spacial score (nSPS) is 11.3. The molecule has 0 aromatic carbocycles. The van der Waals surface area contributed by atoms with Gasteiger partial charge in [-0.25, -0.2) is 0 Å². The summed E-state index contributed by atoms with van der Waals surface area (Å²) in [5, 5.41) is 0. The van der Waals surface area contributed by atoms with Crippen LogP contribution in [0.2, 0.25) is 0 Å². The van der Waals surface area contributed by atoms with Crippen molar-refractivity contribution in [2.75, 3.05) is 0 Å². The summed E-state index contributed by atoms with van der Waals surface area (Å²) in [4.78, 5) is 0. The third-order valence-electron chi connectivity index (χ3n) is 3.23. The van der Waals surface area contributed by atoms with Gasteiger partial charge in [0.15, 0.2) is 0 Å². The molecule has 0 aromatic heterocycles. The first-order valence-electron chi connectivity index (χ1n) is 7.27. The van der Waals surface area contributed by atoms with E-state index in [9.17, 15) is 0 Å². The van der Waals surface area contributed by atoms with Crippen LogP contribution in [-0.2, 0) is 0 Å². The van der Waals surface area contributed by atoms with Crippen molar-refractivity contribution in [3.63, 3.8) is 0 Å². The van der Waals surface area contributed by atoms with E-state index in [1.807, 2.05) is 12.2 Å². The number of rotatable bonds is 12. The number of hydrogen-bond donors (Lipinski definition) is 0. The van der Waals surface area contributed by atoms with Crippen LogP contribution in [0.4, 0.5) is 0 Å². The molecule has 0 N–H and O–H groups in total. The molecule has 0 atom stereocenters. The van der Waals surface area contributed by atoms with E-state index in [1.165, 1.54) is 50.5 Å². The minimum atomic E-state index is 1.04. The van der Waals surface area contributed by atoms with Crippen molar-refractivity contribution in [2.24, 2.45) is 0 Å². The van der Waals surface area contributed by atoms with Crippen molar-refractivity contribution in [1.29, 1.82) is 0 Å². The largest absolute Gasteiger partial charge is 0.103 e. The van der Waals surface area contributed by atoms with Gasteiger partial charge >= 0.3 is 0 Å². The zero-order chi connectivity index (χ0) is 13.6. The van der Waals surface area contributed by atoms with Crippen LogP contribution >= 0.6 is 0 Å². The van der Waals surface area contributed by atoms with Gasteiger partial charge in [-0.1, -0.05) is 61.8 Å². The Balaban J connectivity index is 3.43. The summed E-state index contributed by atoms with van der Waals surface area (Å²) in [6.45, 7) is 13.6. The molecule has 0 spiro atoms. The van der Waals surface area contributed by atoms with E-state index < -0.39 is 0 Å². The van der Waals surface area contributed by atoms with Gasteiger partial charge < -0.3 is 0 Å². The average Bonchev–Trinajstić information content (AvgIpc) is 2.37. The molecule has 0 aliphatic heterocycles. The minimum absolute atomic E-state index is 1.04. The third kappa shape index (κ3) is 11.4. The van der Waals surface area contributed by atoms with E-state index >= 15 is 0 Å². The molecule has 0 aromatic rings. The van der Waals surface area contributed by atoms with Crippen molar-refractivity contribution in [2.45, 2.75) is 64.7 Å². The highest BCUT2D eigenvalue weighted by molar-refractivity contribution is 5.12. The first-order valence-corrected chi connectivity index (χ1v) is 7.27. The minimum Gasteiger partial charge on any atom is -0.103 e. The fraction of sp³-hybridized carbons (Fsp3) is 0.556. The lowest BCUT2D eigenvalue weighted by molar-refractivity contribution is 0.616. The number of hydrogen-bond acceptors (Lipinski definition) is 0. The molecule has 18 heavy (non-hydrogen) atoms. The molecule has 0 aliphatic rings. The lowest BCUT2D eigenvalue weighted by atomic mass is 10.0. The second-order valence-electron chi connectivity index (χ2n) is 5.05. The SMILES string of the molecule is C=CCCCCCCCC(C)=CCCC(=C)C=C. The van der Waals surface area contributed by atoms with Crippen molar-refractivity contribution < 1.29 is 0 Å². The topological polar surface area (TPSA) is 0 Å². The molecule has 0 saturated carbocycles. The molecule has 0 amide bonds. The third-order valence-corrected chi connectivity index (χ3v) is 3.23. The molecule has 0 aliphatic carbocycles. The van der Waals surface area contributed by atoms with E-state index in [-0.39, 0.29) is 0 Å². The Labute approximate surface area is 114 Å². The van der Waals surface area contributed by atoms with Gasteiger partial charge in [0.1, 0.15) is 0 Å². The first-order chi connectivity index (χ1) is 8.70. The van der Waals surface area contributed by atoms with E-state index in [0.717, 1.165) is 18.4 Å². The summed E-state index contributed by atoms with van der Waals surface area (Å²) in [5.41, 5.74) is 2.67. The molecule has 102 valence electrons. The second kappa shape index (κ2) is 12.4. The summed E-state index contributed by atoms with van der Waals surface area (Å²) in [6.07, 6.45) is 17.5. The monoisotopic (exact) mass is 246 g/mol. The maximum Gasteiger partial charge on any atom is -0.0250 e. The smallest absolute Gasteiger partial charge is 0.0250 e. The van der Waals surface area contributed by atoms with Crippen molar-refractivity contribution in [3.05, 3.63) is 49.1 Å². The highest BCUT2D eigenvalue weighted by Gasteiger charge is 1.93. The van der Waals surface area contributed by atoms with Gasteiger partial charge in [0, 0.05) is 0 Å². The van der Waals surface area contributed by atoms with Gasteiger partial charge in [0.25, 0.3) is 0 Å². The summed E-state index contributed by atoms with van der Waals surface area (Å²) in [5.74, 6) is 0. The van der Waals surface area contributed by atoms with E-state index in [1.54, 1.807) is 0 Å². The quantitative estimate of drug-likeness (QED) is 0.213. The molecule has 0 heterocycles. The van der Waals surface area contributed by atoms with Crippen LogP contribution in [0.25, 0.3) is 0 Å². The Morgan fingerprint density at radius 2 is 1.56 bits per heavy atom. The predicted octanol–water partition coefficient (Wildman–Crippen LogP) is 6.37. The van der Waals surface area contributed by atoms with E-state index in [0.29, 0.717) is 0 Å². The highest BCUT2D eigenvalue weighted by atomic mass is 14.0. The van der Waals surface area contributed by atoms with E-state index in [2.05, 4.69) is 32.7 Å². The molecule has 0 nitrogen and oxygen atoms in total. The molecule has 0 fully saturated rings. The Kier molecular flexibility index (Phi) is 11.7. The van der Waals surface area contributed by atoms with Crippen LogP contribution < -0.4 is 0 Å². The highest BCUT2D eigenvalue weighted by Crippen LogP contribution is 2.13. The molecule has 0 radical (unpaired) electrons. The van der Waals surface area contributed by atoms with Gasteiger partial charge in [-0.2, -0.15) is 0 Å². The predicted molar refractivity (Wildman–Crippen MR) is 84.8 cm³/mol. The van der Waals surface area contributed by atoms with Gasteiger partial charge in [-0.05, 0) is 45.4 Å². The maximum absolute atomic E-state index is 3.93. The van der Waals surface area contributed by atoms with Crippen molar-refractivity contribution >= 4 is 0 Å². The fourth-order valence-electron chi connectivity index (χ4n) is 1.93. The molecule has 0 heteroatoms. The maximum atomic E-state index is 3.93. The zero-order valence-corrected chi connectivity index (χ0v) is 12.2. The van der Waals surface area contributed by atoms with Crippen molar-refractivity contribution in [3.8, 4) is 0 Å². The van der Waals surface area contributed by atoms with Crippen LogP contribution in [0, 0.1) is 0 Å². The van der Waals surface area contributed by atoms with Gasteiger partial charge in [0.2, 0.25) is 0 Å². The Hall–Kier alpha value is -1.04. The Bertz CT molecular complexity index is 268. The molecular formula is C18H30. The van der Waals surface area contributed by atoms with Crippen LogP contribution in [0.1, 0.15) is 64.7 Å². The lowest BCUT2D eigenvalue weighted by Crippen LogP contribution is -1.82. The summed E-state index contributed by atoms with van der Waals surface area (Å²) in [6, 6.07) is 0.